The zero-order valence-corrected chi connectivity index (χ0v) is 28.9. The molecular weight excluding hydrogens is 536 g/mol. The van der Waals surface area contributed by atoms with Crippen molar-refractivity contribution < 1.29 is 24.2 Å². The molecule has 1 N–H and O–H groups in total. The van der Waals surface area contributed by atoms with Crippen LogP contribution in [0.3, 0.4) is 0 Å². The fourth-order valence-electron chi connectivity index (χ4n) is 12.2. The Kier molecular flexibility index (Phi) is 8.16. The lowest BCUT2D eigenvalue weighted by Gasteiger charge is -2.69. The van der Waals surface area contributed by atoms with E-state index in [1.54, 1.807) is 19.4 Å². The van der Waals surface area contributed by atoms with Gasteiger partial charge in [0.2, 0.25) is 0 Å². The summed E-state index contributed by atoms with van der Waals surface area (Å²) in [5, 5.41) is 9.53. The summed E-state index contributed by atoms with van der Waals surface area (Å²) in [5.41, 5.74) is 2.01. The second-order valence-corrected chi connectivity index (χ2v) is 17.7. The number of Topliss-reactive ketones (excluding diaryl/α,β-unsaturated/α-hetero) is 1. The van der Waals surface area contributed by atoms with Crippen molar-refractivity contribution in [1.29, 1.82) is 0 Å². The summed E-state index contributed by atoms with van der Waals surface area (Å²) in [6.45, 7) is 22.2. The summed E-state index contributed by atoms with van der Waals surface area (Å²) in [6, 6.07) is 0. The molecule has 4 saturated carbocycles. The molecule has 0 spiro atoms. The first-order valence-electron chi connectivity index (χ1n) is 17.6. The molecule has 0 aromatic rings. The summed E-state index contributed by atoms with van der Waals surface area (Å²) in [7, 11) is 0. The van der Waals surface area contributed by atoms with E-state index >= 15 is 0 Å². The highest BCUT2D eigenvalue weighted by molar-refractivity contribution is 6.00. The smallest absolute Gasteiger partial charge is 0.309 e. The standard InChI is InChI=1S/C38H60O5/c1-11-23(4)38-19-14-25-24(32(38)31(22(2)3)26(39)20-38)12-13-28-36(25,9)17-15-27-35(7,8)29(16-18-37(27,28)10)43-30(40)21-34(5,6)33(41)42/h22-25,27-29H,11-21H2,1-10H3,(H,41,42). The minimum atomic E-state index is -1.13. The lowest BCUT2D eigenvalue weighted by Crippen LogP contribution is -2.63. The number of carbonyl (C=O) groups is 3. The van der Waals surface area contributed by atoms with Gasteiger partial charge >= 0.3 is 11.9 Å². The van der Waals surface area contributed by atoms with Gasteiger partial charge in [-0.15, -0.1) is 0 Å². The number of rotatable bonds is 7. The lowest BCUT2D eigenvalue weighted by atomic mass is 9.36. The van der Waals surface area contributed by atoms with Crippen molar-refractivity contribution in [3.63, 3.8) is 0 Å². The van der Waals surface area contributed by atoms with E-state index in [0.717, 1.165) is 32.1 Å². The maximum absolute atomic E-state index is 13.6. The van der Waals surface area contributed by atoms with Crippen LogP contribution in [0.4, 0.5) is 0 Å². The molecule has 0 saturated heterocycles. The topological polar surface area (TPSA) is 80.7 Å². The Balaban J connectivity index is 1.42. The molecular formula is C38H60O5. The number of esters is 1. The zero-order chi connectivity index (χ0) is 31.9. The van der Waals surface area contributed by atoms with Crippen LogP contribution in [0.2, 0.25) is 0 Å². The molecule has 9 unspecified atom stereocenters. The summed E-state index contributed by atoms with van der Waals surface area (Å²) in [6.07, 6.45) is 10.6. The molecule has 0 aromatic heterocycles. The number of fused-ring (bicyclic) bond motifs is 7. The first-order chi connectivity index (χ1) is 19.9. The van der Waals surface area contributed by atoms with Crippen molar-refractivity contribution in [2.75, 3.05) is 0 Å². The Morgan fingerprint density at radius 3 is 2.19 bits per heavy atom. The van der Waals surface area contributed by atoms with Crippen molar-refractivity contribution in [2.24, 2.45) is 62.6 Å². The number of carboxylic acid groups (broad SMARTS) is 1. The molecule has 0 aliphatic heterocycles. The van der Waals surface area contributed by atoms with Crippen LogP contribution >= 0.6 is 0 Å². The van der Waals surface area contributed by atoms with Gasteiger partial charge in [0.1, 0.15) is 6.10 Å². The van der Waals surface area contributed by atoms with Gasteiger partial charge in [0, 0.05) is 17.3 Å². The first kappa shape index (κ1) is 32.7. The Bertz CT molecular complexity index is 1190. The minimum Gasteiger partial charge on any atom is -0.481 e. The Labute approximate surface area is 261 Å². The van der Waals surface area contributed by atoms with Crippen LogP contribution in [0.1, 0.15) is 140 Å². The average Bonchev–Trinajstić information content (AvgIpc) is 3.22. The van der Waals surface area contributed by atoms with Gasteiger partial charge in [0.05, 0.1) is 11.8 Å². The number of ketones is 1. The van der Waals surface area contributed by atoms with Crippen LogP contribution in [-0.2, 0) is 19.1 Å². The van der Waals surface area contributed by atoms with Gasteiger partial charge in [-0.2, -0.15) is 0 Å². The van der Waals surface area contributed by atoms with E-state index in [1.165, 1.54) is 37.7 Å². The first-order valence-corrected chi connectivity index (χ1v) is 17.6. The van der Waals surface area contributed by atoms with E-state index in [2.05, 4.69) is 55.4 Å². The van der Waals surface area contributed by atoms with Gasteiger partial charge in [0.15, 0.2) is 5.78 Å². The largest absolute Gasteiger partial charge is 0.481 e. The monoisotopic (exact) mass is 596 g/mol. The van der Waals surface area contributed by atoms with Crippen LogP contribution in [0.15, 0.2) is 11.1 Å². The zero-order valence-electron chi connectivity index (χ0n) is 28.9. The van der Waals surface area contributed by atoms with Gasteiger partial charge < -0.3 is 9.84 Å². The molecule has 5 aliphatic carbocycles. The third kappa shape index (κ3) is 4.79. The molecule has 5 nitrogen and oxygen atoms in total. The van der Waals surface area contributed by atoms with Crippen LogP contribution in [0.25, 0.3) is 0 Å². The highest BCUT2D eigenvalue weighted by Crippen LogP contribution is 2.73. The number of hydrogen-bond acceptors (Lipinski definition) is 4. The highest BCUT2D eigenvalue weighted by Gasteiger charge is 2.67. The molecule has 43 heavy (non-hydrogen) atoms. The van der Waals surface area contributed by atoms with E-state index in [9.17, 15) is 19.5 Å². The molecule has 242 valence electrons. The van der Waals surface area contributed by atoms with E-state index in [0.29, 0.717) is 41.3 Å². The predicted molar refractivity (Wildman–Crippen MR) is 170 cm³/mol. The third-order valence-electron chi connectivity index (χ3n) is 14.6. The van der Waals surface area contributed by atoms with Crippen LogP contribution < -0.4 is 0 Å². The molecule has 0 bridgehead atoms. The van der Waals surface area contributed by atoms with Gasteiger partial charge in [-0.25, -0.2) is 0 Å². The minimum absolute atomic E-state index is 0.0794. The number of hydrogen-bond donors (Lipinski definition) is 1. The van der Waals surface area contributed by atoms with E-state index in [4.69, 9.17) is 4.74 Å². The van der Waals surface area contributed by atoms with Gasteiger partial charge in [-0.3, -0.25) is 14.4 Å². The molecule has 5 rings (SSSR count). The van der Waals surface area contributed by atoms with Crippen LogP contribution in [-0.4, -0.2) is 28.9 Å². The van der Waals surface area contributed by atoms with Crippen LogP contribution in [0, 0.1) is 62.6 Å². The number of ether oxygens (including phenoxy) is 1. The maximum atomic E-state index is 13.6. The van der Waals surface area contributed by atoms with E-state index < -0.39 is 11.4 Å². The van der Waals surface area contributed by atoms with Gasteiger partial charge in [-0.1, -0.05) is 67.4 Å². The fraction of sp³-hybridized carbons (Fsp3) is 0.868. The molecule has 4 fully saturated rings. The maximum Gasteiger partial charge on any atom is 0.309 e. The number of carboxylic acids is 1. The normalized spacial score (nSPS) is 41.2. The predicted octanol–water partition coefficient (Wildman–Crippen LogP) is 9.04. The second kappa shape index (κ2) is 10.7. The Morgan fingerprint density at radius 2 is 1.58 bits per heavy atom. The van der Waals surface area contributed by atoms with Gasteiger partial charge in [-0.05, 0) is 117 Å². The number of aliphatic carboxylic acids is 1. The summed E-state index contributed by atoms with van der Waals surface area (Å²) in [4.78, 5) is 38.3. The Morgan fingerprint density at radius 1 is 0.930 bits per heavy atom. The van der Waals surface area contributed by atoms with Crippen molar-refractivity contribution in [3.05, 3.63) is 11.1 Å². The quantitative estimate of drug-likeness (QED) is 0.297. The SMILES string of the molecule is CCC(C)C12CCC3C(CCC4C3(C)CCC3C(C)(C)C(OC(=O)CC(C)(C)C(=O)O)CCC34C)C1=C(C(C)C)C(=O)C2. The number of carbonyl (C=O) groups excluding carboxylic acids is 2. The third-order valence-corrected chi connectivity index (χ3v) is 14.6. The van der Waals surface area contributed by atoms with Crippen molar-refractivity contribution in [2.45, 2.75) is 146 Å². The lowest BCUT2D eigenvalue weighted by molar-refractivity contribution is -0.214. The van der Waals surface area contributed by atoms with Crippen molar-refractivity contribution in [3.8, 4) is 0 Å². The average molecular weight is 597 g/mol. The number of allylic oxidation sites excluding steroid dienone is 2. The van der Waals surface area contributed by atoms with Crippen LogP contribution in [0.5, 0.6) is 0 Å². The molecule has 5 heteroatoms. The second-order valence-electron chi connectivity index (χ2n) is 17.7. The molecule has 0 amide bonds. The van der Waals surface area contributed by atoms with E-state index in [-0.39, 0.29) is 40.2 Å². The summed E-state index contributed by atoms with van der Waals surface area (Å²) in [5.74, 6) is 2.17. The fourth-order valence-corrected chi connectivity index (χ4v) is 12.2. The van der Waals surface area contributed by atoms with Crippen molar-refractivity contribution >= 4 is 17.7 Å². The molecule has 9 atom stereocenters. The highest BCUT2D eigenvalue weighted by atomic mass is 16.5. The Hall–Kier alpha value is -1.65. The molecule has 0 aromatic carbocycles. The molecule has 0 heterocycles. The summed E-state index contributed by atoms with van der Waals surface area (Å²) >= 11 is 0. The van der Waals surface area contributed by atoms with E-state index in [1.807, 2.05) is 0 Å². The molecule has 0 radical (unpaired) electrons. The van der Waals surface area contributed by atoms with Crippen molar-refractivity contribution in [1.82, 2.24) is 0 Å². The van der Waals surface area contributed by atoms with Gasteiger partial charge in [0.25, 0.3) is 0 Å². The summed E-state index contributed by atoms with van der Waals surface area (Å²) < 4.78 is 6.13. The molecule has 5 aliphatic rings.